The summed E-state index contributed by atoms with van der Waals surface area (Å²) in [7, 11) is -2.82. The first-order valence-corrected chi connectivity index (χ1v) is 12.7. The van der Waals surface area contributed by atoms with E-state index < -0.39 is 16.0 Å². The second-order valence-corrected chi connectivity index (χ2v) is 10.7. The normalized spacial score (nSPS) is 13.8. The van der Waals surface area contributed by atoms with Gasteiger partial charge in [-0.15, -0.1) is 11.3 Å². The minimum atomic E-state index is -4.05. The van der Waals surface area contributed by atoms with Crippen molar-refractivity contribution in [3.05, 3.63) is 45.3 Å². The number of anilines is 1. The van der Waals surface area contributed by atoms with Crippen LogP contribution in [0.3, 0.4) is 0 Å². The molecule has 1 aliphatic heterocycles. The fraction of sp³-hybridized carbons (Fsp3) is 0.429. The lowest BCUT2D eigenvalue weighted by Crippen LogP contribution is -2.39. The number of halogens is 1. The van der Waals surface area contributed by atoms with Crippen LogP contribution in [-0.2, 0) is 32.5 Å². The van der Waals surface area contributed by atoms with E-state index >= 15 is 0 Å². The van der Waals surface area contributed by atoms with Crippen molar-refractivity contribution in [1.82, 2.24) is 4.90 Å². The molecule has 3 rings (SSSR count). The van der Waals surface area contributed by atoms with E-state index in [1.165, 1.54) is 7.11 Å². The van der Waals surface area contributed by atoms with Gasteiger partial charge < -0.3 is 9.64 Å². The van der Waals surface area contributed by atoms with Crippen LogP contribution < -0.4 is 4.72 Å². The van der Waals surface area contributed by atoms with Gasteiger partial charge in [0.2, 0.25) is 5.91 Å². The van der Waals surface area contributed by atoms with Crippen LogP contribution >= 0.6 is 22.9 Å². The molecule has 0 saturated heterocycles. The third-order valence-electron chi connectivity index (χ3n) is 5.40. The van der Waals surface area contributed by atoms with Crippen molar-refractivity contribution < 1.29 is 22.7 Å². The summed E-state index contributed by atoms with van der Waals surface area (Å²) in [6.07, 6.45) is 1.90. The van der Waals surface area contributed by atoms with Crippen molar-refractivity contribution >= 4 is 50.5 Å². The van der Waals surface area contributed by atoms with Crippen LogP contribution in [0, 0.1) is 5.92 Å². The molecule has 2 aromatic rings. The molecular weight excluding hydrogens is 460 g/mol. The van der Waals surface area contributed by atoms with Crippen LogP contribution in [0.5, 0.6) is 0 Å². The number of sulfonamides is 1. The second kappa shape index (κ2) is 9.58. The standard InChI is InChI=1S/C21H25ClN2O5S2/c1-4-13(5-2)19(25)24-11-10-16-17(12-24)30-21(18(16)20(26)29-3)31(27,28)23-15-8-6-14(22)7-9-15/h6-9,13,23H,4-5,10-12H2,1-3H3. The van der Waals surface area contributed by atoms with Crippen LogP contribution in [0.15, 0.2) is 28.5 Å². The monoisotopic (exact) mass is 484 g/mol. The molecule has 0 atom stereocenters. The predicted octanol–water partition coefficient (Wildman–Crippen LogP) is 4.31. The van der Waals surface area contributed by atoms with Crippen LogP contribution in [0.25, 0.3) is 0 Å². The molecule has 7 nitrogen and oxygen atoms in total. The van der Waals surface area contributed by atoms with Gasteiger partial charge in [0.15, 0.2) is 4.21 Å². The van der Waals surface area contributed by atoms with Crippen molar-refractivity contribution in [2.45, 2.75) is 43.9 Å². The molecule has 1 aromatic heterocycles. The largest absolute Gasteiger partial charge is 0.465 e. The van der Waals surface area contributed by atoms with E-state index in [1.807, 2.05) is 13.8 Å². The van der Waals surface area contributed by atoms with E-state index in [2.05, 4.69) is 4.72 Å². The molecule has 0 aliphatic carbocycles. The lowest BCUT2D eigenvalue weighted by molar-refractivity contribution is -0.136. The van der Waals surface area contributed by atoms with Gasteiger partial charge in [-0.3, -0.25) is 9.52 Å². The van der Waals surface area contributed by atoms with Gasteiger partial charge in [-0.1, -0.05) is 25.4 Å². The Kier molecular flexibility index (Phi) is 7.28. The molecule has 168 valence electrons. The summed E-state index contributed by atoms with van der Waals surface area (Å²) in [4.78, 5) is 27.8. The van der Waals surface area contributed by atoms with Crippen molar-refractivity contribution in [3.63, 3.8) is 0 Å². The number of hydrogen-bond acceptors (Lipinski definition) is 6. The molecule has 1 aliphatic rings. The Labute approximate surface area is 191 Å². The summed E-state index contributed by atoms with van der Waals surface area (Å²) in [6.45, 7) is 4.69. The van der Waals surface area contributed by atoms with Crippen LogP contribution in [0.2, 0.25) is 5.02 Å². The number of amides is 1. The summed E-state index contributed by atoms with van der Waals surface area (Å²) in [5.41, 5.74) is 1.03. The fourth-order valence-electron chi connectivity index (χ4n) is 3.68. The highest BCUT2D eigenvalue weighted by Crippen LogP contribution is 2.38. The molecule has 0 unspecified atom stereocenters. The van der Waals surface area contributed by atoms with E-state index in [4.69, 9.17) is 16.3 Å². The van der Waals surface area contributed by atoms with Gasteiger partial charge in [0.25, 0.3) is 10.0 Å². The van der Waals surface area contributed by atoms with Gasteiger partial charge >= 0.3 is 5.97 Å². The molecule has 1 amide bonds. The highest BCUT2D eigenvalue weighted by atomic mass is 35.5. The average Bonchev–Trinajstić information content (AvgIpc) is 3.15. The topological polar surface area (TPSA) is 92.8 Å². The van der Waals surface area contributed by atoms with Crippen molar-refractivity contribution in [2.24, 2.45) is 5.92 Å². The predicted molar refractivity (Wildman–Crippen MR) is 121 cm³/mol. The molecule has 1 aromatic carbocycles. The highest BCUT2D eigenvalue weighted by molar-refractivity contribution is 7.94. The summed E-state index contributed by atoms with van der Waals surface area (Å²) < 4.78 is 33.6. The number of nitrogens with zero attached hydrogens (tertiary/aromatic N) is 1. The minimum absolute atomic E-state index is 0.0543. The Morgan fingerprint density at radius 1 is 1.23 bits per heavy atom. The van der Waals surface area contributed by atoms with Gasteiger partial charge in [-0.05, 0) is 49.1 Å². The molecule has 31 heavy (non-hydrogen) atoms. The van der Waals surface area contributed by atoms with Gasteiger partial charge in [-0.2, -0.15) is 0 Å². The maximum Gasteiger partial charge on any atom is 0.340 e. The third-order valence-corrected chi connectivity index (χ3v) is 8.77. The van der Waals surface area contributed by atoms with Crippen LogP contribution in [0.4, 0.5) is 5.69 Å². The molecule has 0 fully saturated rings. The van der Waals surface area contributed by atoms with Crippen molar-refractivity contribution in [2.75, 3.05) is 18.4 Å². The van der Waals surface area contributed by atoms with Crippen molar-refractivity contribution in [3.8, 4) is 0 Å². The Hall–Kier alpha value is -2.10. The third kappa shape index (κ3) is 4.88. The number of rotatable bonds is 7. The first-order valence-electron chi connectivity index (χ1n) is 10.0. The number of hydrogen-bond donors (Lipinski definition) is 1. The average molecular weight is 485 g/mol. The van der Waals surface area contributed by atoms with Crippen LogP contribution in [0.1, 0.15) is 47.5 Å². The molecule has 2 heterocycles. The maximum absolute atomic E-state index is 13.1. The zero-order chi connectivity index (χ0) is 22.8. The van der Waals surface area contributed by atoms with E-state index in [0.29, 0.717) is 34.1 Å². The summed E-state index contributed by atoms with van der Waals surface area (Å²) in [5.74, 6) is -0.697. The highest BCUT2D eigenvalue weighted by Gasteiger charge is 2.35. The summed E-state index contributed by atoms with van der Waals surface area (Å²) in [6, 6.07) is 6.23. The number of benzene rings is 1. The number of nitrogens with one attached hydrogen (secondary N) is 1. The number of fused-ring (bicyclic) bond motifs is 1. The molecule has 0 saturated carbocycles. The fourth-order valence-corrected chi connectivity index (χ4v) is 6.77. The first kappa shape index (κ1) is 23.6. The summed E-state index contributed by atoms with van der Waals surface area (Å²) in [5, 5.41) is 0.479. The minimum Gasteiger partial charge on any atom is -0.465 e. The molecule has 0 bridgehead atoms. The van der Waals surface area contributed by atoms with Crippen LogP contribution in [-0.4, -0.2) is 38.8 Å². The first-order chi connectivity index (χ1) is 14.7. The lowest BCUT2D eigenvalue weighted by Gasteiger charge is -2.30. The Morgan fingerprint density at radius 2 is 1.87 bits per heavy atom. The van der Waals surface area contributed by atoms with E-state index in [-0.39, 0.29) is 28.1 Å². The molecule has 0 radical (unpaired) electrons. The zero-order valence-corrected chi connectivity index (χ0v) is 20.0. The quantitative estimate of drug-likeness (QED) is 0.591. The van der Waals surface area contributed by atoms with Gasteiger partial charge in [-0.25, -0.2) is 13.2 Å². The number of thiophene rings is 1. The molecule has 0 spiro atoms. The van der Waals surface area contributed by atoms with Crippen molar-refractivity contribution in [1.29, 1.82) is 0 Å². The van der Waals surface area contributed by atoms with E-state index in [1.54, 1.807) is 29.2 Å². The zero-order valence-electron chi connectivity index (χ0n) is 17.6. The number of methoxy groups -OCH3 is 1. The number of ether oxygens (including phenoxy) is 1. The van der Waals surface area contributed by atoms with Gasteiger partial charge in [0.1, 0.15) is 0 Å². The second-order valence-electron chi connectivity index (χ2n) is 7.29. The van der Waals surface area contributed by atoms with E-state index in [0.717, 1.165) is 24.2 Å². The van der Waals surface area contributed by atoms with Gasteiger partial charge in [0, 0.05) is 28.0 Å². The Balaban J connectivity index is 1.98. The number of carbonyl (C=O) groups is 2. The van der Waals surface area contributed by atoms with E-state index in [9.17, 15) is 18.0 Å². The number of esters is 1. The molecule has 1 N–H and O–H groups in total. The summed E-state index contributed by atoms with van der Waals surface area (Å²) >= 11 is 6.88. The Bertz CT molecular complexity index is 1080. The molecular formula is C21H25ClN2O5S2. The Morgan fingerprint density at radius 3 is 2.45 bits per heavy atom. The number of carbonyl (C=O) groups excluding carboxylic acids is 2. The van der Waals surface area contributed by atoms with Gasteiger partial charge in [0.05, 0.1) is 19.2 Å². The molecule has 10 heteroatoms. The lowest BCUT2D eigenvalue weighted by atomic mass is 9.98. The maximum atomic E-state index is 13.1. The smallest absolute Gasteiger partial charge is 0.340 e. The SMILES string of the molecule is CCC(CC)C(=O)N1CCc2c(sc(S(=O)(=O)Nc3ccc(Cl)cc3)c2C(=O)OC)C1.